The molecule has 8 heteroatoms. The van der Waals surface area contributed by atoms with Crippen molar-refractivity contribution in [3.8, 4) is 0 Å². The number of fused-ring (bicyclic) bond motifs is 1. The van der Waals surface area contributed by atoms with Gasteiger partial charge in [-0.25, -0.2) is 0 Å². The highest BCUT2D eigenvalue weighted by molar-refractivity contribution is 5.56. The smallest absolute Gasteiger partial charge is 0.369 e. The van der Waals surface area contributed by atoms with E-state index < -0.39 is 11.9 Å². The molecule has 4 rings (SSSR count). The summed E-state index contributed by atoms with van der Waals surface area (Å²) in [5.41, 5.74) is 4.23. The molecule has 0 saturated heterocycles. The van der Waals surface area contributed by atoms with Gasteiger partial charge in [0.1, 0.15) is 5.69 Å². The average molecular weight is 440 g/mol. The summed E-state index contributed by atoms with van der Waals surface area (Å²) in [5.74, 6) is 0. The first-order valence-electron chi connectivity index (χ1n) is 10.1. The summed E-state index contributed by atoms with van der Waals surface area (Å²) in [7, 11) is 1.79. The standard InChI is InChI=1S/C24H23F3N4O/c1-16-17(2)29(3)23(32)21-15-30(14-20(16)21)11-8-18-6-4-5-10-31(13-18)19-7-9-28-22(12-19)24(25,26)27/h4-13H,14-15H2,1-3H3. The van der Waals surface area contributed by atoms with Crippen LogP contribution in [0.15, 0.2) is 71.6 Å². The molecule has 2 aromatic heterocycles. The number of allylic oxidation sites excluding steroid dienone is 5. The molecule has 0 bridgehead atoms. The Balaban J connectivity index is 1.57. The molecule has 2 aromatic rings. The van der Waals surface area contributed by atoms with Crippen molar-refractivity contribution in [2.75, 3.05) is 4.90 Å². The van der Waals surface area contributed by atoms with Crippen molar-refractivity contribution in [3.63, 3.8) is 0 Å². The Morgan fingerprint density at radius 1 is 1.12 bits per heavy atom. The molecule has 4 heterocycles. The number of hydrogen-bond acceptors (Lipinski definition) is 4. The number of halogens is 3. The van der Waals surface area contributed by atoms with Crippen molar-refractivity contribution >= 4 is 5.69 Å². The zero-order chi connectivity index (χ0) is 23.0. The lowest BCUT2D eigenvalue weighted by molar-refractivity contribution is -0.141. The van der Waals surface area contributed by atoms with Gasteiger partial charge >= 0.3 is 6.18 Å². The van der Waals surface area contributed by atoms with Gasteiger partial charge in [0.25, 0.3) is 5.56 Å². The molecule has 0 amide bonds. The topological polar surface area (TPSA) is 41.4 Å². The lowest BCUT2D eigenvalue weighted by Crippen LogP contribution is -2.24. The van der Waals surface area contributed by atoms with E-state index in [1.165, 1.54) is 6.07 Å². The van der Waals surface area contributed by atoms with Gasteiger partial charge in [-0.1, -0.05) is 12.2 Å². The Morgan fingerprint density at radius 3 is 2.62 bits per heavy atom. The van der Waals surface area contributed by atoms with Crippen LogP contribution >= 0.6 is 0 Å². The molecule has 2 aliphatic rings. The number of aromatic nitrogens is 2. The zero-order valence-electron chi connectivity index (χ0n) is 18.0. The highest BCUT2D eigenvalue weighted by Crippen LogP contribution is 2.31. The molecule has 0 radical (unpaired) electrons. The summed E-state index contributed by atoms with van der Waals surface area (Å²) in [5, 5.41) is 0. The zero-order valence-corrected chi connectivity index (χ0v) is 18.0. The minimum absolute atomic E-state index is 0.0288. The highest BCUT2D eigenvalue weighted by Gasteiger charge is 2.32. The summed E-state index contributed by atoms with van der Waals surface area (Å²) in [6, 6.07) is 2.55. The van der Waals surface area contributed by atoms with Gasteiger partial charge in [-0.2, -0.15) is 13.2 Å². The molecule has 0 atom stereocenters. The summed E-state index contributed by atoms with van der Waals surface area (Å²) in [6.07, 6.45) is 9.35. The summed E-state index contributed by atoms with van der Waals surface area (Å²) in [4.78, 5) is 19.7. The van der Waals surface area contributed by atoms with E-state index in [1.807, 2.05) is 38.3 Å². The van der Waals surface area contributed by atoms with E-state index in [0.29, 0.717) is 18.8 Å². The second kappa shape index (κ2) is 8.18. The van der Waals surface area contributed by atoms with Crippen molar-refractivity contribution in [1.82, 2.24) is 14.5 Å². The quantitative estimate of drug-likeness (QED) is 0.693. The van der Waals surface area contributed by atoms with Gasteiger partial charge in [0.05, 0.1) is 0 Å². The molecule has 0 aliphatic carbocycles. The van der Waals surface area contributed by atoms with Gasteiger partial charge in [0, 0.05) is 61.9 Å². The lowest BCUT2D eigenvalue weighted by Gasteiger charge is -2.17. The number of rotatable bonds is 3. The Hall–Kier alpha value is -3.55. The second-order valence-corrected chi connectivity index (χ2v) is 7.89. The molecule has 2 aliphatic heterocycles. The van der Waals surface area contributed by atoms with Crippen molar-refractivity contribution in [1.29, 1.82) is 0 Å². The van der Waals surface area contributed by atoms with Crippen LogP contribution in [-0.4, -0.2) is 14.5 Å². The number of hydrogen-bond donors (Lipinski definition) is 0. The van der Waals surface area contributed by atoms with Gasteiger partial charge in [-0.3, -0.25) is 9.78 Å². The monoisotopic (exact) mass is 440 g/mol. The van der Waals surface area contributed by atoms with Crippen LogP contribution in [0.3, 0.4) is 0 Å². The predicted octanol–water partition coefficient (Wildman–Crippen LogP) is 4.72. The van der Waals surface area contributed by atoms with E-state index in [4.69, 9.17) is 0 Å². The molecule has 0 N–H and O–H groups in total. The summed E-state index contributed by atoms with van der Waals surface area (Å²) < 4.78 is 40.8. The van der Waals surface area contributed by atoms with Gasteiger partial charge in [-0.15, -0.1) is 0 Å². The first-order valence-corrected chi connectivity index (χ1v) is 10.1. The van der Waals surface area contributed by atoms with Crippen LogP contribution in [0, 0.1) is 13.8 Å². The van der Waals surface area contributed by atoms with Gasteiger partial charge in [0.2, 0.25) is 0 Å². The minimum Gasteiger partial charge on any atom is -0.369 e. The van der Waals surface area contributed by atoms with E-state index in [9.17, 15) is 18.0 Å². The maximum absolute atomic E-state index is 13.0. The average Bonchev–Trinajstić information content (AvgIpc) is 3.05. The number of pyridine rings is 2. The third kappa shape index (κ3) is 4.12. The summed E-state index contributed by atoms with van der Waals surface area (Å²) >= 11 is 0. The van der Waals surface area contributed by atoms with Crippen LogP contribution < -0.4 is 10.5 Å². The van der Waals surface area contributed by atoms with E-state index in [0.717, 1.165) is 40.2 Å². The molecule has 5 nitrogen and oxygen atoms in total. The third-order valence-electron chi connectivity index (χ3n) is 5.89. The maximum Gasteiger partial charge on any atom is 0.433 e. The molecule has 0 fully saturated rings. The third-order valence-corrected chi connectivity index (χ3v) is 5.89. The normalized spacial score (nSPS) is 16.0. The van der Waals surface area contributed by atoms with E-state index in [2.05, 4.69) is 9.88 Å². The lowest BCUT2D eigenvalue weighted by atomic mass is 10.0. The SMILES string of the molecule is Cc1c2c(c(=O)n(C)c1C)CN(C=CC1=CN(c3ccnc(C(F)(F)F)c3)C=CC=C1)C2. The Bertz CT molecular complexity index is 1240. The molecule has 0 unspecified atom stereocenters. The fraction of sp³-hybridized carbons (Fsp3) is 0.250. The molecule has 166 valence electrons. The maximum atomic E-state index is 13.0. The first-order chi connectivity index (χ1) is 15.1. The summed E-state index contributed by atoms with van der Waals surface area (Å²) in [6.45, 7) is 5.15. The predicted molar refractivity (Wildman–Crippen MR) is 118 cm³/mol. The number of nitrogens with zero attached hydrogens (tertiary/aromatic N) is 4. The van der Waals surface area contributed by atoms with E-state index in [1.54, 1.807) is 35.0 Å². The molecule has 0 aromatic carbocycles. The van der Waals surface area contributed by atoms with Crippen molar-refractivity contribution in [3.05, 3.63) is 105 Å². The molecule has 32 heavy (non-hydrogen) atoms. The first kappa shape index (κ1) is 21.7. The second-order valence-electron chi connectivity index (χ2n) is 7.89. The van der Waals surface area contributed by atoms with Crippen LogP contribution in [-0.2, 0) is 26.3 Å². The molecule has 0 spiro atoms. The Morgan fingerprint density at radius 2 is 1.88 bits per heavy atom. The van der Waals surface area contributed by atoms with Crippen molar-refractivity contribution in [2.24, 2.45) is 7.05 Å². The Labute approximate surface area is 184 Å². The van der Waals surface area contributed by atoms with Crippen LogP contribution in [0.4, 0.5) is 18.9 Å². The molecular formula is C24H23F3N4O. The van der Waals surface area contributed by atoms with Crippen LogP contribution in [0.2, 0.25) is 0 Å². The van der Waals surface area contributed by atoms with Crippen LogP contribution in [0.1, 0.15) is 28.1 Å². The molecule has 0 saturated carbocycles. The van der Waals surface area contributed by atoms with Gasteiger partial charge in [0.15, 0.2) is 0 Å². The van der Waals surface area contributed by atoms with Gasteiger partial charge < -0.3 is 14.4 Å². The number of alkyl halides is 3. The number of anilines is 1. The Kier molecular flexibility index (Phi) is 5.54. The van der Waals surface area contributed by atoms with Crippen molar-refractivity contribution in [2.45, 2.75) is 33.1 Å². The largest absolute Gasteiger partial charge is 0.433 e. The highest BCUT2D eigenvalue weighted by atomic mass is 19.4. The van der Waals surface area contributed by atoms with Crippen molar-refractivity contribution < 1.29 is 13.2 Å². The fourth-order valence-electron chi connectivity index (χ4n) is 3.87. The molecular weight excluding hydrogens is 417 g/mol. The van der Waals surface area contributed by atoms with Gasteiger partial charge in [-0.05, 0) is 54.8 Å². The minimum atomic E-state index is -4.51. The fourth-order valence-corrected chi connectivity index (χ4v) is 3.87. The van der Waals surface area contributed by atoms with E-state index in [-0.39, 0.29) is 5.56 Å². The van der Waals surface area contributed by atoms with Crippen LogP contribution in [0.5, 0.6) is 0 Å². The van der Waals surface area contributed by atoms with E-state index >= 15 is 0 Å². The van der Waals surface area contributed by atoms with Crippen LogP contribution in [0.25, 0.3) is 0 Å².